The minimum atomic E-state index is -0.265. The van der Waals surface area contributed by atoms with Crippen molar-refractivity contribution in [1.82, 2.24) is 4.90 Å². The predicted molar refractivity (Wildman–Crippen MR) is 56.0 cm³/mol. The zero-order valence-corrected chi connectivity index (χ0v) is 8.79. The van der Waals surface area contributed by atoms with E-state index in [0.717, 1.165) is 24.9 Å². The molecule has 0 aromatic heterocycles. The molecule has 0 atom stereocenters. The third kappa shape index (κ3) is 1.87. The van der Waals surface area contributed by atoms with Gasteiger partial charge in [0.05, 0.1) is 0 Å². The van der Waals surface area contributed by atoms with Gasteiger partial charge in [0.25, 0.3) is 5.91 Å². The summed E-state index contributed by atoms with van der Waals surface area (Å²) in [5, 5.41) is 0. The SMILES string of the molecule is CCCCN1Cc2cc(F)ccc2C1=O. The highest BCUT2D eigenvalue weighted by atomic mass is 19.1. The molecule has 0 saturated carbocycles. The molecule has 2 nitrogen and oxygen atoms in total. The highest BCUT2D eigenvalue weighted by Crippen LogP contribution is 2.23. The van der Waals surface area contributed by atoms with Crippen LogP contribution in [0.4, 0.5) is 4.39 Å². The average Bonchev–Trinajstić information content (AvgIpc) is 2.52. The van der Waals surface area contributed by atoms with Crippen molar-refractivity contribution in [3.8, 4) is 0 Å². The highest BCUT2D eigenvalue weighted by molar-refractivity contribution is 5.98. The van der Waals surface area contributed by atoms with E-state index in [1.54, 1.807) is 11.0 Å². The van der Waals surface area contributed by atoms with Gasteiger partial charge in [-0.3, -0.25) is 4.79 Å². The number of carbonyl (C=O) groups is 1. The van der Waals surface area contributed by atoms with Crippen LogP contribution in [0.25, 0.3) is 0 Å². The Balaban J connectivity index is 2.18. The van der Waals surface area contributed by atoms with Gasteiger partial charge in [0.1, 0.15) is 5.82 Å². The molecule has 1 heterocycles. The van der Waals surface area contributed by atoms with Crippen LogP contribution in [-0.4, -0.2) is 17.4 Å². The number of benzene rings is 1. The summed E-state index contributed by atoms with van der Waals surface area (Å²) in [6.07, 6.45) is 2.07. The first-order valence-electron chi connectivity index (χ1n) is 5.30. The fraction of sp³-hybridized carbons (Fsp3) is 0.417. The van der Waals surface area contributed by atoms with E-state index in [9.17, 15) is 9.18 Å². The number of nitrogens with zero attached hydrogens (tertiary/aromatic N) is 1. The number of carbonyl (C=O) groups excluding carboxylic acids is 1. The lowest BCUT2D eigenvalue weighted by Gasteiger charge is -2.14. The molecular weight excluding hydrogens is 193 g/mol. The number of halogens is 1. The fourth-order valence-electron chi connectivity index (χ4n) is 1.88. The molecule has 0 saturated heterocycles. The van der Waals surface area contributed by atoms with E-state index in [4.69, 9.17) is 0 Å². The van der Waals surface area contributed by atoms with Gasteiger partial charge in [0, 0.05) is 18.7 Å². The molecule has 0 aliphatic carbocycles. The van der Waals surface area contributed by atoms with Crippen LogP contribution < -0.4 is 0 Å². The largest absolute Gasteiger partial charge is 0.334 e. The summed E-state index contributed by atoms with van der Waals surface area (Å²) in [7, 11) is 0. The molecular formula is C12H14FNO. The second kappa shape index (κ2) is 4.01. The van der Waals surface area contributed by atoms with Crippen molar-refractivity contribution in [3.63, 3.8) is 0 Å². The lowest BCUT2D eigenvalue weighted by Crippen LogP contribution is -2.24. The van der Waals surface area contributed by atoms with Gasteiger partial charge >= 0.3 is 0 Å². The number of amides is 1. The van der Waals surface area contributed by atoms with Crippen LogP contribution in [0.2, 0.25) is 0 Å². The molecule has 80 valence electrons. The monoisotopic (exact) mass is 207 g/mol. The standard InChI is InChI=1S/C12H14FNO/c1-2-3-6-14-8-9-7-10(13)4-5-11(9)12(14)15/h4-5,7H,2-3,6,8H2,1H3. The van der Waals surface area contributed by atoms with E-state index in [2.05, 4.69) is 6.92 Å². The molecule has 0 unspecified atom stereocenters. The molecule has 0 bridgehead atoms. The minimum absolute atomic E-state index is 0.0402. The van der Waals surface area contributed by atoms with E-state index in [1.165, 1.54) is 12.1 Å². The third-order valence-corrected chi connectivity index (χ3v) is 2.73. The van der Waals surface area contributed by atoms with Crippen LogP contribution in [0.3, 0.4) is 0 Å². The molecule has 1 aliphatic heterocycles. The van der Waals surface area contributed by atoms with Crippen LogP contribution in [0, 0.1) is 5.82 Å². The predicted octanol–water partition coefficient (Wildman–Crippen LogP) is 2.58. The summed E-state index contributed by atoms with van der Waals surface area (Å²) in [6.45, 7) is 3.42. The Morgan fingerprint density at radius 2 is 2.27 bits per heavy atom. The smallest absolute Gasteiger partial charge is 0.254 e. The first-order chi connectivity index (χ1) is 7.22. The molecule has 0 spiro atoms. The van der Waals surface area contributed by atoms with Crippen molar-refractivity contribution in [2.24, 2.45) is 0 Å². The van der Waals surface area contributed by atoms with Crippen molar-refractivity contribution >= 4 is 5.91 Å². The number of rotatable bonds is 3. The van der Waals surface area contributed by atoms with Crippen molar-refractivity contribution in [1.29, 1.82) is 0 Å². The van der Waals surface area contributed by atoms with Gasteiger partial charge in [-0.05, 0) is 30.2 Å². The Morgan fingerprint density at radius 3 is 3.00 bits per heavy atom. The van der Waals surface area contributed by atoms with E-state index in [-0.39, 0.29) is 11.7 Å². The number of hydrogen-bond acceptors (Lipinski definition) is 1. The van der Waals surface area contributed by atoms with E-state index >= 15 is 0 Å². The van der Waals surface area contributed by atoms with Gasteiger partial charge in [-0.1, -0.05) is 13.3 Å². The topological polar surface area (TPSA) is 20.3 Å². The molecule has 0 fully saturated rings. The van der Waals surface area contributed by atoms with Crippen LogP contribution in [0.15, 0.2) is 18.2 Å². The van der Waals surface area contributed by atoms with Crippen molar-refractivity contribution in [2.45, 2.75) is 26.3 Å². The minimum Gasteiger partial charge on any atom is -0.334 e. The quantitative estimate of drug-likeness (QED) is 0.746. The number of hydrogen-bond donors (Lipinski definition) is 0. The molecule has 15 heavy (non-hydrogen) atoms. The summed E-state index contributed by atoms with van der Waals surface area (Å²) in [4.78, 5) is 13.6. The lowest BCUT2D eigenvalue weighted by atomic mass is 10.1. The molecule has 1 amide bonds. The van der Waals surface area contributed by atoms with Crippen LogP contribution in [0.1, 0.15) is 35.7 Å². The zero-order valence-electron chi connectivity index (χ0n) is 8.79. The van der Waals surface area contributed by atoms with Crippen LogP contribution in [0.5, 0.6) is 0 Å². The summed E-state index contributed by atoms with van der Waals surface area (Å²) in [6, 6.07) is 4.39. The Morgan fingerprint density at radius 1 is 1.47 bits per heavy atom. The molecule has 0 radical (unpaired) electrons. The fourth-order valence-corrected chi connectivity index (χ4v) is 1.88. The molecule has 3 heteroatoms. The molecule has 1 aromatic carbocycles. The van der Waals surface area contributed by atoms with Gasteiger partial charge < -0.3 is 4.90 Å². The maximum absolute atomic E-state index is 12.9. The summed E-state index contributed by atoms with van der Waals surface area (Å²) in [5.74, 6) is -0.225. The summed E-state index contributed by atoms with van der Waals surface area (Å²) < 4.78 is 12.9. The zero-order chi connectivity index (χ0) is 10.8. The lowest BCUT2D eigenvalue weighted by molar-refractivity contribution is 0.0776. The molecule has 2 rings (SSSR count). The summed E-state index contributed by atoms with van der Waals surface area (Å²) >= 11 is 0. The maximum atomic E-state index is 12.9. The molecule has 1 aromatic rings. The number of fused-ring (bicyclic) bond motifs is 1. The van der Waals surface area contributed by atoms with Crippen LogP contribution in [-0.2, 0) is 6.54 Å². The second-order valence-electron chi connectivity index (χ2n) is 3.88. The maximum Gasteiger partial charge on any atom is 0.254 e. The van der Waals surface area contributed by atoms with Gasteiger partial charge in [-0.25, -0.2) is 4.39 Å². The first kappa shape index (κ1) is 10.1. The van der Waals surface area contributed by atoms with Gasteiger partial charge in [0.15, 0.2) is 0 Å². The van der Waals surface area contributed by atoms with E-state index in [0.29, 0.717) is 12.1 Å². The Labute approximate surface area is 88.7 Å². The normalized spacial score (nSPS) is 14.5. The van der Waals surface area contributed by atoms with Gasteiger partial charge in [-0.2, -0.15) is 0 Å². The van der Waals surface area contributed by atoms with Gasteiger partial charge in [0.2, 0.25) is 0 Å². The van der Waals surface area contributed by atoms with Gasteiger partial charge in [-0.15, -0.1) is 0 Å². The Kier molecular flexibility index (Phi) is 2.71. The molecule has 1 aliphatic rings. The Bertz CT molecular complexity index is 389. The molecule has 0 N–H and O–H groups in total. The summed E-state index contributed by atoms with van der Waals surface area (Å²) in [5.41, 5.74) is 1.48. The van der Waals surface area contributed by atoms with Crippen molar-refractivity contribution < 1.29 is 9.18 Å². The van der Waals surface area contributed by atoms with Crippen molar-refractivity contribution in [3.05, 3.63) is 35.1 Å². The average molecular weight is 207 g/mol. The van der Waals surface area contributed by atoms with E-state index < -0.39 is 0 Å². The Hall–Kier alpha value is -1.38. The first-order valence-corrected chi connectivity index (χ1v) is 5.30. The van der Waals surface area contributed by atoms with Crippen LogP contribution >= 0.6 is 0 Å². The highest BCUT2D eigenvalue weighted by Gasteiger charge is 2.26. The number of unbranched alkanes of at least 4 members (excludes halogenated alkanes) is 1. The second-order valence-corrected chi connectivity index (χ2v) is 3.88. The third-order valence-electron chi connectivity index (χ3n) is 2.73. The van der Waals surface area contributed by atoms with Crippen molar-refractivity contribution in [2.75, 3.05) is 6.54 Å². The van der Waals surface area contributed by atoms with E-state index in [1.807, 2.05) is 0 Å².